The van der Waals surface area contributed by atoms with E-state index in [-0.39, 0.29) is 36.5 Å². The fourth-order valence-corrected chi connectivity index (χ4v) is 3.86. The smallest absolute Gasteiger partial charge is 0.272 e. The third kappa shape index (κ3) is 19.0. The van der Waals surface area contributed by atoms with E-state index < -0.39 is 11.9 Å². The Labute approximate surface area is 247 Å². The summed E-state index contributed by atoms with van der Waals surface area (Å²) in [5.74, 6) is -0.677. The van der Waals surface area contributed by atoms with Crippen molar-refractivity contribution in [2.75, 3.05) is 33.4 Å². The summed E-state index contributed by atoms with van der Waals surface area (Å²) in [4.78, 5) is 58.2. The molecule has 0 radical (unpaired) electrons. The number of methoxy groups -OCH3 is 1. The zero-order valence-corrected chi connectivity index (χ0v) is 26.7. The lowest BCUT2D eigenvalue weighted by Gasteiger charge is -2.30. The quantitative estimate of drug-likeness (QED) is 0.372. The molecule has 0 aliphatic heterocycles. The average molecular weight is 578 g/mol. The maximum atomic E-state index is 12.9. The van der Waals surface area contributed by atoms with Crippen molar-refractivity contribution in [1.29, 1.82) is 0 Å². The van der Waals surface area contributed by atoms with Gasteiger partial charge in [0, 0.05) is 32.7 Å². The molecule has 2 saturated carbocycles. The first kappa shape index (κ1) is 38.1. The van der Waals surface area contributed by atoms with Crippen LogP contribution in [0.3, 0.4) is 0 Å². The minimum atomic E-state index is -0.740. The Morgan fingerprint density at radius 1 is 1.07 bits per heavy atom. The first-order valence-corrected chi connectivity index (χ1v) is 15.0. The van der Waals surface area contributed by atoms with Gasteiger partial charge >= 0.3 is 0 Å². The van der Waals surface area contributed by atoms with Gasteiger partial charge in [0.15, 0.2) is 0 Å². The Bertz CT molecular complexity index is 857. The number of rotatable bonds is 11. The summed E-state index contributed by atoms with van der Waals surface area (Å²) in [7, 11) is 1.68. The molecule has 3 amide bonds. The molecule has 1 atom stereocenters. The number of nitrogens with one attached hydrogen (secondary N) is 2. The number of carbonyl (C=O) groups is 4. The Morgan fingerprint density at radius 3 is 2.12 bits per heavy atom. The molecule has 0 bridgehead atoms. The minimum absolute atomic E-state index is 0.00650. The lowest BCUT2D eigenvalue weighted by atomic mass is 9.83. The lowest BCUT2D eigenvalue weighted by Crippen LogP contribution is -2.53. The van der Waals surface area contributed by atoms with Crippen LogP contribution in [0.5, 0.6) is 0 Å². The van der Waals surface area contributed by atoms with Crippen LogP contribution < -0.4 is 10.6 Å². The van der Waals surface area contributed by atoms with Gasteiger partial charge in [-0.05, 0) is 49.9 Å². The standard InChI is InChI=1S/C21H29N5O4.C5H12.C3H8O.C2H6/c27-11-10-26(14-15-6-7-15)18(28)13-24-21(30)19(16-4-2-1-3-5-16)25-20(29)17-12-22-8-9-23-17;1-5(2,3)4;1-3-4-2;1-2/h8-9,11-12,15-16,19H,1-7,10,13-14H2,(H,24,30)(H,25,29);1-4H3;3H2,1-2H3;1-2H3. The first-order chi connectivity index (χ1) is 19.5. The maximum Gasteiger partial charge on any atom is 0.272 e. The molecule has 2 N–H and O–H groups in total. The normalized spacial score (nSPS) is 15.2. The van der Waals surface area contributed by atoms with Crippen molar-refractivity contribution in [3.8, 4) is 0 Å². The third-order valence-electron chi connectivity index (χ3n) is 6.01. The number of hydrogen-bond donors (Lipinski definition) is 2. The second-order valence-electron chi connectivity index (χ2n) is 11.6. The van der Waals surface area contributed by atoms with Crippen molar-refractivity contribution in [2.24, 2.45) is 17.3 Å². The van der Waals surface area contributed by atoms with E-state index in [9.17, 15) is 19.2 Å². The van der Waals surface area contributed by atoms with Crippen LogP contribution in [-0.2, 0) is 19.1 Å². The van der Waals surface area contributed by atoms with Crippen LogP contribution >= 0.6 is 0 Å². The molecular formula is C31H55N5O5. The number of aromatic nitrogens is 2. The van der Waals surface area contributed by atoms with Crippen LogP contribution in [0.4, 0.5) is 0 Å². The summed E-state index contributed by atoms with van der Waals surface area (Å²) in [6.45, 7) is 15.9. The lowest BCUT2D eigenvalue weighted by molar-refractivity contribution is -0.135. The number of nitrogens with zero attached hydrogens (tertiary/aromatic N) is 3. The zero-order chi connectivity index (χ0) is 31.3. The summed E-state index contributed by atoms with van der Waals surface area (Å²) < 4.78 is 4.54. The fraction of sp³-hybridized carbons (Fsp3) is 0.742. The van der Waals surface area contributed by atoms with Crippen LogP contribution in [0.2, 0.25) is 0 Å². The van der Waals surface area contributed by atoms with Crippen LogP contribution in [0, 0.1) is 17.3 Å². The van der Waals surface area contributed by atoms with Crippen LogP contribution in [0.25, 0.3) is 0 Å². The van der Waals surface area contributed by atoms with Crippen LogP contribution in [0.15, 0.2) is 18.6 Å². The van der Waals surface area contributed by atoms with Crippen molar-refractivity contribution < 1.29 is 23.9 Å². The number of hydrogen-bond acceptors (Lipinski definition) is 7. The second-order valence-corrected chi connectivity index (χ2v) is 11.6. The summed E-state index contributed by atoms with van der Waals surface area (Å²) >= 11 is 0. The number of aldehydes is 1. The average Bonchev–Trinajstić information content (AvgIpc) is 3.79. The molecule has 2 fully saturated rings. The van der Waals surface area contributed by atoms with E-state index in [1.165, 1.54) is 23.5 Å². The van der Waals surface area contributed by atoms with Crippen molar-refractivity contribution in [2.45, 2.75) is 99.5 Å². The van der Waals surface area contributed by atoms with E-state index in [1.54, 1.807) is 7.11 Å². The molecule has 10 heteroatoms. The number of amides is 3. The number of carbonyl (C=O) groups excluding carboxylic acids is 4. The van der Waals surface area contributed by atoms with E-state index in [1.807, 2.05) is 20.8 Å². The van der Waals surface area contributed by atoms with E-state index in [0.29, 0.717) is 24.2 Å². The molecule has 0 aromatic carbocycles. The molecule has 1 aromatic rings. The van der Waals surface area contributed by atoms with E-state index >= 15 is 0 Å². The molecule has 2 aliphatic rings. The third-order valence-corrected chi connectivity index (χ3v) is 6.01. The molecule has 1 aromatic heterocycles. The largest absolute Gasteiger partial charge is 0.385 e. The van der Waals surface area contributed by atoms with Gasteiger partial charge in [-0.3, -0.25) is 19.4 Å². The molecule has 0 spiro atoms. The summed E-state index contributed by atoms with van der Waals surface area (Å²) in [6, 6.07) is -0.740. The second kappa shape index (κ2) is 21.8. The highest BCUT2D eigenvalue weighted by Crippen LogP contribution is 2.29. The van der Waals surface area contributed by atoms with Crippen molar-refractivity contribution >= 4 is 24.0 Å². The monoisotopic (exact) mass is 577 g/mol. The topological polar surface area (TPSA) is 131 Å². The zero-order valence-electron chi connectivity index (χ0n) is 26.7. The van der Waals surface area contributed by atoms with Crippen molar-refractivity contribution in [3.63, 3.8) is 0 Å². The first-order valence-electron chi connectivity index (χ1n) is 15.0. The molecule has 3 rings (SSSR count). The Balaban J connectivity index is 0.00000125. The van der Waals surface area contributed by atoms with Crippen molar-refractivity contribution in [3.05, 3.63) is 24.3 Å². The Morgan fingerprint density at radius 2 is 1.66 bits per heavy atom. The Hall–Kier alpha value is -2.88. The van der Waals surface area contributed by atoms with Crippen LogP contribution in [0.1, 0.15) is 104 Å². The summed E-state index contributed by atoms with van der Waals surface area (Å²) in [5, 5.41) is 5.46. The van der Waals surface area contributed by atoms with Crippen LogP contribution in [-0.4, -0.2) is 78.3 Å². The fourth-order valence-electron chi connectivity index (χ4n) is 3.86. The minimum Gasteiger partial charge on any atom is -0.385 e. The highest BCUT2D eigenvalue weighted by molar-refractivity contribution is 5.96. The molecule has 234 valence electrons. The van der Waals surface area contributed by atoms with Crippen molar-refractivity contribution in [1.82, 2.24) is 25.5 Å². The molecule has 2 aliphatic carbocycles. The Kier molecular flexibility index (Phi) is 20.3. The van der Waals surface area contributed by atoms with Gasteiger partial charge < -0.3 is 25.1 Å². The molecule has 41 heavy (non-hydrogen) atoms. The highest BCUT2D eigenvalue weighted by atomic mass is 16.5. The van der Waals surface area contributed by atoms with Gasteiger partial charge in [-0.25, -0.2) is 4.98 Å². The van der Waals surface area contributed by atoms with Gasteiger partial charge in [-0.2, -0.15) is 0 Å². The van der Waals surface area contributed by atoms with Gasteiger partial charge in [0.05, 0.1) is 19.3 Å². The molecule has 10 nitrogen and oxygen atoms in total. The number of ether oxygens (including phenoxy) is 1. The van der Waals surface area contributed by atoms with Gasteiger partial charge in [0.2, 0.25) is 11.8 Å². The van der Waals surface area contributed by atoms with E-state index in [2.05, 4.69) is 53.0 Å². The maximum absolute atomic E-state index is 12.9. The van der Waals surface area contributed by atoms with Gasteiger partial charge in [-0.1, -0.05) is 60.8 Å². The summed E-state index contributed by atoms with van der Waals surface area (Å²) in [6.07, 6.45) is 11.9. The SMILES string of the molecule is CC.CC(C)(C)C.CCOC.O=CCN(CC1CC1)C(=O)CNC(=O)C(NC(=O)c1cnccn1)C1CCCCC1. The predicted octanol–water partition coefficient (Wildman–Crippen LogP) is 4.44. The predicted molar refractivity (Wildman–Crippen MR) is 162 cm³/mol. The molecule has 1 unspecified atom stereocenters. The molecule has 1 heterocycles. The van der Waals surface area contributed by atoms with Gasteiger partial charge in [0.25, 0.3) is 5.91 Å². The van der Waals surface area contributed by atoms with E-state index in [0.717, 1.165) is 51.6 Å². The highest BCUT2D eigenvalue weighted by Gasteiger charge is 2.32. The molecule has 0 saturated heterocycles. The van der Waals surface area contributed by atoms with Gasteiger partial charge in [0.1, 0.15) is 18.0 Å². The van der Waals surface area contributed by atoms with Gasteiger partial charge in [-0.15, -0.1) is 0 Å². The summed E-state index contributed by atoms with van der Waals surface area (Å²) in [5.41, 5.74) is 0.642. The molecular weight excluding hydrogens is 522 g/mol. The van der Waals surface area contributed by atoms with E-state index in [4.69, 9.17) is 0 Å².